The molecule has 0 aromatic rings. The Balaban J connectivity index is 1.67. The van der Waals surface area contributed by atoms with Gasteiger partial charge >= 0.3 is 16.4 Å². The zero-order chi connectivity index (χ0) is 23.6. The van der Waals surface area contributed by atoms with Gasteiger partial charge < -0.3 is 4.74 Å². The Morgan fingerprint density at radius 1 is 1.22 bits per heavy atom. The fraction of sp³-hybridized carbons (Fsp3) is 0.800. The van der Waals surface area contributed by atoms with Crippen LogP contribution < -0.4 is 0 Å². The molecule has 0 radical (unpaired) electrons. The minimum absolute atomic E-state index is 0.00319. The van der Waals surface area contributed by atoms with Gasteiger partial charge in [-0.15, -0.1) is 0 Å². The van der Waals surface area contributed by atoms with Gasteiger partial charge in [-0.25, -0.2) is 8.98 Å². The van der Waals surface area contributed by atoms with Crippen LogP contribution in [0.4, 0.5) is 0 Å². The third-order valence-corrected chi connectivity index (χ3v) is 8.93. The van der Waals surface area contributed by atoms with Gasteiger partial charge in [0, 0.05) is 5.57 Å². The number of rotatable bonds is 10. The van der Waals surface area contributed by atoms with Crippen LogP contribution in [-0.2, 0) is 24.1 Å². The number of carbonyl (C=O) groups is 1. The van der Waals surface area contributed by atoms with Gasteiger partial charge in [0.1, 0.15) is 6.61 Å². The van der Waals surface area contributed by atoms with Crippen LogP contribution in [0.15, 0.2) is 23.3 Å². The molecule has 4 atom stereocenters. The smallest absolute Gasteiger partial charge is 0.397 e. The molecule has 3 rings (SSSR count). The molecule has 1 unspecified atom stereocenters. The molecule has 32 heavy (non-hydrogen) atoms. The summed E-state index contributed by atoms with van der Waals surface area (Å²) in [5.74, 6) is 0.930. The Hall–Kier alpha value is -1.18. The Morgan fingerprint density at radius 3 is 2.62 bits per heavy atom. The summed E-state index contributed by atoms with van der Waals surface area (Å²) in [5, 5.41) is 0. The molecule has 0 amide bonds. The van der Waals surface area contributed by atoms with E-state index in [-0.39, 0.29) is 23.9 Å². The van der Waals surface area contributed by atoms with Crippen molar-refractivity contribution in [3.05, 3.63) is 23.3 Å². The standard InChI is InChI=1S/C25H40O6S/c1-18-10-11-21-22(9-6-14-24(21,2)3)25(18,4)15-12-19(17-31-32(27,28)29)7-5-8-20-13-16-30-23(20)26/h9,13,18-19,21H,5-8,10-12,14-17H2,1-4H3,(H,27,28,29)/t18-,19?,21-,25-/m0/s1. The van der Waals surface area contributed by atoms with E-state index in [4.69, 9.17) is 13.5 Å². The van der Waals surface area contributed by atoms with Gasteiger partial charge in [-0.3, -0.25) is 4.55 Å². The average molecular weight is 469 g/mol. The van der Waals surface area contributed by atoms with E-state index in [1.165, 1.54) is 19.3 Å². The van der Waals surface area contributed by atoms with E-state index in [1.807, 2.05) is 6.08 Å². The molecule has 6 nitrogen and oxygen atoms in total. The Bertz CT molecular complexity index is 856. The zero-order valence-corrected chi connectivity index (χ0v) is 20.9. The number of cyclic esters (lactones) is 1. The maximum absolute atomic E-state index is 11.7. The molecule has 0 bridgehead atoms. The lowest BCUT2D eigenvalue weighted by atomic mass is 9.52. The van der Waals surface area contributed by atoms with E-state index in [0.717, 1.165) is 32.1 Å². The molecule has 0 saturated heterocycles. The molecule has 1 saturated carbocycles. The van der Waals surface area contributed by atoms with Crippen LogP contribution in [0.1, 0.15) is 85.5 Å². The lowest BCUT2D eigenvalue weighted by Crippen LogP contribution is -2.43. The van der Waals surface area contributed by atoms with Crippen molar-refractivity contribution in [3.8, 4) is 0 Å². The highest BCUT2D eigenvalue weighted by atomic mass is 32.3. The molecule has 1 fully saturated rings. The lowest BCUT2D eigenvalue weighted by molar-refractivity contribution is -0.136. The van der Waals surface area contributed by atoms with E-state index < -0.39 is 10.4 Å². The summed E-state index contributed by atoms with van der Waals surface area (Å²) in [6.07, 6.45) is 13.0. The summed E-state index contributed by atoms with van der Waals surface area (Å²) >= 11 is 0. The second kappa shape index (κ2) is 9.98. The number of esters is 1. The van der Waals surface area contributed by atoms with Crippen LogP contribution in [0.3, 0.4) is 0 Å². The van der Waals surface area contributed by atoms with Gasteiger partial charge in [0.15, 0.2) is 0 Å². The van der Waals surface area contributed by atoms with Crippen molar-refractivity contribution in [1.82, 2.24) is 0 Å². The van der Waals surface area contributed by atoms with E-state index in [9.17, 15) is 13.2 Å². The van der Waals surface area contributed by atoms with Gasteiger partial charge in [-0.05, 0) is 92.4 Å². The molecule has 0 aromatic heterocycles. The highest BCUT2D eigenvalue weighted by Gasteiger charge is 2.47. The number of allylic oxidation sites excluding steroid dienone is 2. The minimum Gasteiger partial charge on any atom is -0.458 e. The minimum atomic E-state index is -4.47. The van der Waals surface area contributed by atoms with Crippen molar-refractivity contribution < 1.29 is 26.7 Å². The molecule has 1 heterocycles. The summed E-state index contributed by atoms with van der Waals surface area (Å²) in [4.78, 5) is 11.7. The van der Waals surface area contributed by atoms with Crippen molar-refractivity contribution in [2.24, 2.45) is 28.6 Å². The van der Waals surface area contributed by atoms with Crippen molar-refractivity contribution in [3.63, 3.8) is 0 Å². The summed E-state index contributed by atoms with van der Waals surface area (Å²) < 4.78 is 41.2. The molecule has 1 aliphatic heterocycles. The molecule has 0 spiro atoms. The van der Waals surface area contributed by atoms with Gasteiger partial charge in [0.2, 0.25) is 0 Å². The summed E-state index contributed by atoms with van der Waals surface area (Å²) in [7, 11) is -4.47. The molecule has 2 aliphatic carbocycles. The first-order chi connectivity index (χ1) is 14.9. The van der Waals surface area contributed by atoms with E-state index in [1.54, 1.807) is 5.57 Å². The first-order valence-corrected chi connectivity index (χ1v) is 13.5. The maximum Gasteiger partial charge on any atom is 0.397 e. The normalized spacial score (nSPS) is 30.8. The summed E-state index contributed by atoms with van der Waals surface area (Å²) in [6.45, 7) is 9.84. The van der Waals surface area contributed by atoms with Gasteiger partial charge in [-0.2, -0.15) is 8.42 Å². The molecule has 3 aliphatic rings. The van der Waals surface area contributed by atoms with Gasteiger partial charge in [-0.1, -0.05) is 39.3 Å². The molecule has 0 aromatic carbocycles. The van der Waals surface area contributed by atoms with Crippen molar-refractivity contribution in [1.29, 1.82) is 0 Å². The maximum atomic E-state index is 11.7. The first-order valence-electron chi connectivity index (χ1n) is 12.1. The summed E-state index contributed by atoms with van der Waals surface area (Å²) in [6, 6.07) is 0. The van der Waals surface area contributed by atoms with Crippen LogP contribution in [0.2, 0.25) is 0 Å². The van der Waals surface area contributed by atoms with Crippen LogP contribution in [0, 0.1) is 28.6 Å². The number of hydrogen-bond acceptors (Lipinski definition) is 5. The van der Waals surface area contributed by atoms with Crippen molar-refractivity contribution in [2.45, 2.75) is 85.5 Å². The highest BCUT2D eigenvalue weighted by Crippen LogP contribution is 2.58. The second-order valence-electron chi connectivity index (χ2n) is 11.0. The van der Waals surface area contributed by atoms with Crippen LogP contribution in [-0.4, -0.2) is 32.2 Å². The van der Waals surface area contributed by atoms with Crippen LogP contribution in [0.25, 0.3) is 0 Å². The largest absolute Gasteiger partial charge is 0.458 e. The molecule has 1 N–H and O–H groups in total. The lowest BCUT2D eigenvalue weighted by Gasteiger charge is -2.53. The quantitative estimate of drug-likeness (QED) is 0.253. The third kappa shape index (κ3) is 6.03. The molecule has 7 heteroatoms. The van der Waals surface area contributed by atoms with Gasteiger partial charge in [0.05, 0.1) is 6.61 Å². The molecular weight excluding hydrogens is 428 g/mol. The number of hydrogen-bond donors (Lipinski definition) is 1. The van der Waals surface area contributed by atoms with Crippen molar-refractivity contribution >= 4 is 16.4 Å². The second-order valence-corrected chi connectivity index (χ2v) is 12.1. The Labute approximate surface area is 193 Å². The average Bonchev–Trinajstić information content (AvgIpc) is 3.10. The van der Waals surface area contributed by atoms with E-state index in [0.29, 0.717) is 35.9 Å². The predicted molar refractivity (Wildman–Crippen MR) is 124 cm³/mol. The van der Waals surface area contributed by atoms with E-state index >= 15 is 0 Å². The fourth-order valence-electron chi connectivity index (χ4n) is 6.10. The van der Waals surface area contributed by atoms with Crippen LogP contribution >= 0.6 is 0 Å². The molecular formula is C25H40O6S. The Kier molecular flexibility index (Phi) is 7.93. The third-order valence-electron chi connectivity index (χ3n) is 8.50. The molecule has 182 valence electrons. The van der Waals surface area contributed by atoms with Crippen LogP contribution in [0.5, 0.6) is 0 Å². The summed E-state index contributed by atoms with van der Waals surface area (Å²) in [5.41, 5.74) is 2.71. The predicted octanol–water partition coefficient (Wildman–Crippen LogP) is 5.65. The fourth-order valence-corrected chi connectivity index (χ4v) is 6.47. The van der Waals surface area contributed by atoms with Gasteiger partial charge in [0.25, 0.3) is 0 Å². The first kappa shape index (κ1) is 25.4. The Morgan fingerprint density at radius 2 is 1.97 bits per heavy atom. The zero-order valence-electron chi connectivity index (χ0n) is 20.1. The van der Waals surface area contributed by atoms with Crippen molar-refractivity contribution in [2.75, 3.05) is 13.2 Å². The van der Waals surface area contributed by atoms with E-state index in [2.05, 4.69) is 33.8 Å². The number of carbonyl (C=O) groups excluding carboxylic acids is 1. The topological polar surface area (TPSA) is 89.9 Å². The number of fused-ring (bicyclic) bond motifs is 1. The monoisotopic (exact) mass is 468 g/mol. The SMILES string of the molecule is C[C@H]1CC[C@H]2C(=CCCC2(C)C)[C@@]1(C)CCC(CCCC1=CCOC1=O)COS(=O)(=O)O. The number of ether oxygens (including phenoxy) is 1. The highest BCUT2D eigenvalue weighted by molar-refractivity contribution is 7.80.